The van der Waals surface area contributed by atoms with Crippen LogP contribution in [0.15, 0.2) is 48.8 Å². The maximum atomic E-state index is 13.4. The van der Waals surface area contributed by atoms with Crippen LogP contribution in [0.1, 0.15) is 51.6 Å². The molecule has 0 bridgehead atoms. The number of carbonyl (C=O) groups is 1. The summed E-state index contributed by atoms with van der Waals surface area (Å²) in [5, 5.41) is 0. The maximum absolute atomic E-state index is 13.4. The first-order valence-corrected chi connectivity index (χ1v) is 10.9. The molecule has 1 saturated heterocycles. The van der Waals surface area contributed by atoms with E-state index >= 15 is 0 Å². The van der Waals surface area contributed by atoms with E-state index in [1.54, 1.807) is 18.3 Å². The molecule has 4 rings (SSSR count). The maximum Gasteiger partial charge on any atom is 0.257 e. The molecule has 1 aromatic carbocycles. The molecule has 3 heterocycles. The summed E-state index contributed by atoms with van der Waals surface area (Å²) in [5.41, 5.74) is 4.19. The highest BCUT2D eigenvalue weighted by Gasteiger charge is 2.27. The molecule has 1 amide bonds. The van der Waals surface area contributed by atoms with E-state index in [2.05, 4.69) is 15.0 Å². The van der Waals surface area contributed by atoms with Gasteiger partial charge in [0.15, 0.2) is 0 Å². The molecule has 0 spiro atoms. The van der Waals surface area contributed by atoms with Crippen LogP contribution in [0.2, 0.25) is 0 Å². The summed E-state index contributed by atoms with van der Waals surface area (Å²) >= 11 is 0. The average molecular weight is 434 g/mol. The Bertz CT molecular complexity index is 1100. The molecule has 32 heavy (non-hydrogen) atoms. The summed E-state index contributed by atoms with van der Waals surface area (Å²) in [4.78, 5) is 30.3. The van der Waals surface area contributed by atoms with Crippen molar-refractivity contribution in [2.75, 3.05) is 32.1 Å². The van der Waals surface area contributed by atoms with Gasteiger partial charge in [0.25, 0.3) is 5.91 Å². The number of aryl methyl sites for hydroxylation is 1. The monoisotopic (exact) mass is 433 g/mol. The van der Waals surface area contributed by atoms with E-state index in [4.69, 9.17) is 0 Å². The predicted molar refractivity (Wildman–Crippen MR) is 122 cm³/mol. The van der Waals surface area contributed by atoms with Crippen molar-refractivity contribution in [1.82, 2.24) is 19.9 Å². The Kier molecular flexibility index (Phi) is 6.44. The number of benzene rings is 1. The largest absolute Gasteiger partial charge is 0.347 e. The van der Waals surface area contributed by atoms with Crippen molar-refractivity contribution in [1.29, 1.82) is 0 Å². The number of piperidine rings is 1. The third kappa shape index (κ3) is 4.93. The smallest absolute Gasteiger partial charge is 0.257 e. The van der Waals surface area contributed by atoms with E-state index in [0.717, 1.165) is 36.2 Å². The standard InChI is InChI=1S/C25H28FN5O/c1-17-22(15-28-25(29-17)30(2)3)24(32)31-11-5-7-20(16-31)23-10-9-19(14-27-23)12-18-6-4-8-21(26)13-18/h4,6,8-10,13-15,20H,5,7,11-12,16H2,1-3H3/t20-/m0/s1. The number of hydrogen-bond donors (Lipinski definition) is 0. The first-order chi connectivity index (χ1) is 15.4. The molecule has 6 nitrogen and oxygen atoms in total. The zero-order chi connectivity index (χ0) is 22.7. The lowest BCUT2D eigenvalue weighted by Crippen LogP contribution is -2.39. The number of amides is 1. The van der Waals surface area contributed by atoms with Gasteiger partial charge in [-0.25, -0.2) is 14.4 Å². The zero-order valence-electron chi connectivity index (χ0n) is 18.8. The van der Waals surface area contributed by atoms with Crippen LogP contribution < -0.4 is 4.90 Å². The molecular formula is C25H28FN5O. The van der Waals surface area contributed by atoms with Crippen LogP contribution >= 0.6 is 0 Å². The second-order valence-corrected chi connectivity index (χ2v) is 8.55. The zero-order valence-corrected chi connectivity index (χ0v) is 18.8. The van der Waals surface area contributed by atoms with Crippen LogP contribution in [0.25, 0.3) is 0 Å². The quantitative estimate of drug-likeness (QED) is 0.609. The fraction of sp³-hybridized carbons (Fsp3) is 0.360. The molecule has 1 aliphatic heterocycles. The number of pyridine rings is 1. The number of anilines is 1. The van der Waals surface area contributed by atoms with Crippen molar-refractivity contribution in [2.24, 2.45) is 0 Å². The van der Waals surface area contributed by atoms with E-state index < -0.39 is 0 Å². The Hall–Kier alpha value is -3.35. The molecule has 1 fully saturated rings. The Morgan fingerprint density at radius 3 is 2.69 bits per heavy atom. The Balaban J connectivity index is 1.44. The lowest BCUT2D eigenvalue weighted by atomic mass is 9.93. The molecule has 1 aliphatic rings. The van der Waals surface area contributed by atoms with Crippen molar-refractivity contribution in [3.8, 4) is 0 Å². The SMILES string of the molecule is Cc1nc(N(C)C)ncc1C(=O)N1CCC[C@H](c2ccc(Cc3cccc(F)c3)cn2)C1. The third-order valence-electron chi connectivity index (χ3n) is 5.87. The van der Waals surface area contributed by atoms with Crippen LogP contribution in [-0.4, -0.2) is 52.9 Å². The first-order valence-electron chi connectivity index (χ1n) is 10.9. The molecule has 1 atom stereocenters. The first kappa shape index (κ1) is 21.9. The molecule has 7 heteroatoms. The molecule has 0 radical (unpaired) electrons. The normalized spacial score (nSPS) is 16.1. The van der Waals surface area contributed by atoms with Crippen molar-refractivity contribution < 1.29 is 9.18 Å². The van der Waals surface area contributed by atoms with Gasteiger partial charge in [0.1, 0.15) is 5.82 Å². The predicted octanol–water partition coefficient (Wildman–Crippen LogP) is 4.00. The fourth-order valence-electron chi connectivity index (χ4n) is 4.12. The molecular weight excluding hydrogens is 405 g/mol. The van der Waals surface area contributed by atoms with Gasteiger partial charge < -0.3 is 9.80 Å². The highest BCUT2D eigenvalue weighted by Crippen LogP contribution is 2.27. The van der Waals surface area contributed by atoms with Crippen molar-refractivity contribution in [3.63, 3.8) is 0 Å². The number of hydrogen-bond acceptors (Lipinski definition) is 5. The van der Waals surface area contributed by atoms with Crippen LogP contribution in [0.5, 0.6) is 0 Å². The van der Waals surface area contributed by atoms with Crippen LogP contribution in [0, 0.1) is 12.7 Å². The number of rotatable bonds is 5. The Morgan fingerprint density at radius 2 is 2.00 bits per heavy atom. The van der Waals surface area contributed by atoms with Gasteiger partial charge >= 0.3 is 0 Å². The Labute approximate surface area is 188 Å². The van der Waals surface area contributed by atoms with E-state index in [1.807, 2.05) is 55.2 Å². The number of nitrogens with zero attached hydrogens (tertiary/aromatic N) is 5. The second-order valence-electron chi connectivity index (χ2n) is 8.55. The highest BCUT2D eigenvalue weighted by atomic mass is 19.1. The van der Waals surface area contributed by atoms with Crippen molar-refractivity contribution in [2.45, 2.75) is 32.1 Å². The topological polar surface area (TPSA) is 62.2 Å². The van der Waals surface area contributed by atoms with Crippen LogP contribution in [0.3, 0.4) is 0 Å². The molecule has 0 N–H and O–H groups in total. The van der Waals surface area contributed by atoms with Crippen LogP contribution in [0.4, 0.5) is 10.3 Å². The van der Waals surface area contributed by atoms with Crippen LogP contribution in [-0.2, 0) is 6.42 Å². The number of carbonyl (C=O) groups excluding carboxylic acids is 1. The second kappa shape index (κ2) is 9.42. The van der Waals surface area contributed by atoms with Gasteiger partial charge in [-0.2, -0.15) is 0 Å². The van der Waals surface area contributed by atoms with Gasteiger partial charge in [0, 0.05) is 51.2 Å². The van der Waals surface area contributed by atoms with Crippen molar-refractivity contribution >= 4 is 11.9 Å². The molecule has 2 aromatic heterocycles. The summed E-state index contributed by atoms with van der Waals surface area (Å²) in [5.74, 6) is 0.535. The van der Waals surface area contributed by atoms with Gasteiger partial charge in [-0.3, -0.25) is 9.78 Å². The van der Waals surface area contributed by atoms with Gasteiger partial charge in [-0.15, -0.1) is 0 Å². The molecule has 0 saturated carbocycles. The van der Waals surface area contributed by atoms with Crippen molar-refractivity contribution in [3.05, 3.63) is 82.7 Å². The van der Waals surface area contributed by atoms with E-state index in [9.17, 15) is 9.18 Å². The number of aromatic nitrogens is 3. The van der Waals surface area contributed by atoms with E-state index in [0.29, 0.717) is 30.2 Å². The molecule has 166 valence electrons. The average Bonchev–Trinajstić information content (AvgIpc) is 2.79. The molecule has 0 unspecified atom stereocenters. The van der Waals surface area contributed by atoms with Gasteiger partial charge in [0.05, 0.1) is 11.3 Å². The fourth-order valence-corrected chi connectivity index (χ4v) is 4.12. The molecule has 0 aliphatic carbocycles. The van der Waals surface area contributed by atoms with Gasteiger partial charge in [-0.1, -0.05) is 18.2 Å². The highest BCUT2D eigenvalue weighted by molar-refractivity contribution is 5.95. The van der Waals surface area contributed by atoms with E-state index in [1.165, 1.54) is 6.07 Å². The van der Waals surface area contributed by atoms with Gasteiger partial charge in [-0.05, 0) is 55.5 Å². The number of likely N-dealkylation sites (tertiary alicyclic amines) is 1. The lowest BCUT2D eigenvalue weighted by molar-refractivity contribution is 0.0704. The van der Waals surface area contributed by atoms with E-state index in [-0.39, 0.29) is 17.6 Å². The summed E-state index contributed by atoms with van der Waals surface area (Å²) in [7, 11) is 3.75. The lowest BCUT2D eigenvalue weighted by Gasteiger charge is -2.32. The molecule has 3 aromatic rings. The number of halogens is 1. The third-order valence-corrected chi connectivity index (χ3v) is 5.87. The van der Waals surface area contributed by atoms with Gasteiger partial charge in [0.2, 0.25) is 5.95 Å². The summed E-state index contributed by atoms with van der Waals surface area (Å²) in [6.45, 7) is 3.20. The minimum atomic E-state index is -0.226. The summed E-state index contributed by atoms with van der Waals surface area (Å²) < 4.78 is 13.4. The Morgan fingerprint density at radius 1 is 1.16 bits per heavy atom. The summed E-state index contributed by atoms with van der Waals surface area (Å²) in [6.07, 6.45) is 6.05. The minimum absolute atomic E-state index is 0.0276. The summed E-state index contributed by atoms with van der Waals surface area (Å²) in [6, 6.07) is 10.7. The minimum Gasteiger partial charge on any atom is -0.347 e.